The van der Waals surface area contributed by atoms with Crippen molar-refractivity contribution in [2.45, 2.75) is 11.8 Å². The maximum atomic E-state index is 12.8. The predicted molar refractivity (Wildman–Crippen MR) is 122 cm³/mol. The number of hydrogen-bond acceptors (Lipinski definition) is 5. The molecule has 0 aliphatic heterocycles. The number of anilines is 1. The Bertz CT molecular complexity index is 1420. The van der Waals surface area contributed by atoms with Gasteiger partial charge in [0.25, 0.3) is 15.9 Å². The first kappa shape index (κ1) is 21.3. The highest BCUT2D eigenvalue weighted by Crippen LogP contribution is 2.35. The van der Waals surface area contributed by atoms with Crippen molar-refractivity contribution in [1.82, 2.24) is 4.98 Å². The molecule has 0 unspecified atom stereocenters. The van der Waals surface area contributed by atoms with Crippen LogP contribution in [-0.4, -0.2) is 31.5 Å². The van der Waals surface area contributed by atoms with E-state index in [4.69, 9.17) is 0 Å². The van der Waals surface area contributed by atoms with E-state index in [1.165, 1.54) is 31.3 Å². The quantitative estimate of drug-likeness (QED) is 0.421. The van der Waals surface area contributed by atoms with Gasteiger partial charge in [-0.25, -0.2) is 8.42 Å². The molecule has 0 radical (unpaired) electrons. The number of carbonyl (C=O) groups excluding carboxylic acids is 1. The maximum absolute atomic E-state index is 12.8. The molecule has 8 nitrogen and oxygen atoms in total. The lowest BCUT2D eigenvalue weighted by atomic mass is 10.2. The van der Waals surface area contributed by atoms with E-state index in [1.54, 1.807) is 42.5 Å². The maximum Gasteiger partial charge on any atom is 0.295 e. The minimum atomic E-state index is -3.73. The monoisotopic (exact) mass is 448 g/mol. The zero-order chi connectivity index (χ0) is 22.9. The van der Waals surface area contributed by atoms with E-state index < -0.39 is 15.9 Å². The second-order valence-corrected chi connectivity index (χ2v) is 9.17. The first-order valence-electron chi connectivity index (χ1n) is 9.69. The highest BCUT2D eigenvalue weighted by atomic mass is 32.2. The number of sulfonamides is 1. The van der Waals surface area contributed by atoms with Gasteiger partial charge in [-0.2, -0.15) is 0 Å². The van der Waals surface area contributed by atoms with Gasteiger partial charge in [0.15, 0.2) is 5.69 Å². The lowest BCUT2D eigenvalue weighted by Gasteiger charge is -2.19. The molecule has 0 saturated heterocycles. The van der Waals surface area contributed by atoms with Crippen molar-refractivity contribution in [3.63, 3.8) is 0 Å². The van der Waals surface area contributed by atoms with Gasteiger partial charge in [0.1, 0.15) is 0 Å². The number of amides is 1. The lowest BCUT2D eigenvalue weighted by molar-refractivity contribution is 0.0995. The van der Waals surface area contributed by atoms with Gasteiger partial charge in [0.2, 0.25) is 5.88 Å². The van der Waals surface area contributed by atoms with Crippen LogP contribution in [0.25, 0.3) is 10.9 Å². The van der Waals surface area contributed by atoms with Crippen molar-refractivity contribution >= 4 is 38.2 Å². The fourth-order valence-electron chi connectivity index (χ4n) is 3.19. The van der Waals surface area contributed by atoms with E-state index in [-0.39, 0.29) is 22.0 Å². The van der Waals surface area contributed by atoms with Crippen LogP contribution in [-0.2, 0) is 10.0 Å². The molecule has 4 aromatic rings. The number of hydrogen-bond donors (Lipinski definition) is 2. The summed E-state index contributed by atoms with van der Waals surface area (Å²) in [6.45, 7) is 1.88. The number of aromatic hydroxyl groups is 1. The van der Waals surface area contributed by atoms with Crippen LogP contribution in [0.2, 0.25) is 0 Å². The zero-order valence-electron chi connectivity index (χ0n) is 17.4. The molecule has 0 atom stereocenters. The number of aryl methyl sites for hydroxylation is 1. The molecule has 3 aromatic carbocycles. The number of fused-ring (bicyclic) bond motifs is 1. The van der Waals surface area contributed by atoms with E-state index in [9.17, 15) is 18.3 Å². The van der Waals surface area contributed by atoms with E-state index >= 15 is 0 Å². The molecule has 0 aliphatic carbocycles. The summed E-state index contributed by atoms with van der Waals surface area (Å²) in [5.41, 5.74) is 2.44. The summed E-state index contributed by atoms with van der Waals surface area (Å²) in [7, 11) is -2.28. The van der Waals surface area contributed by atoms with Crippen LogP contribution in [0, 0.1) is 6.92 Å². The highest BCUT2D eigenvalue weighted by molar-refractivity contribution is 7.92. The molecule has 0 fully saturated rings. The first-order valence-corrected chi connectivity index (χ1v) is 11.1. The molecule has 162 valence electrons. The molecule has 1 heterocycles. The molecule has 0 aliphatic rings. The second-order valence-electron chi connectivity index (χ2n) is 7.21. The normalized spacial score (nSPS) is 11.8. The predicted octanol–water partition coefficient (Wildman–Crippen LogP) is 4.93. The summed E-state index contributed by atoms with van der Waals surface area (Å²) < 4.78 is 26.8. The van der Waals surface area contributed by atoms with Gasteiger partial charge in [-0.3, -0.25) is 9.10 Å². The molecule has 4 rings (SSSR count). The van der Waals surface area contributed by atoms with E-state index in [0.717, 1.165) is 9.87 Å². The van der Waals surface area contributed by atoms with Crippen molar-refractivity contribution in [2.75, 3.05) is 11.4 Å². The van der Waals surface area contributed by atoms with E-state index in [0.29, 0.717) is 16.6 Å². The number of aromatic amines is 1. The van der Waals surface area contributed by atoms with Crippen molar-refractivity contribution in [1.29, 1.82) is 0 Å². The Hall–Kier alpha value is -3.98. The minimum absolute atomic E-state index is 0.175. The van der Waals surface area contributed by atoms with Gasteiger partial charge < -0.3 is 10.1 Å². The first-order chi connectivity index (χ1) is 15.3. The SMILES string of the molecule is Cc1ccc(S(=O)(=O)N(C)c2ccc(C(=O)N=Nc3c(O)[nH]c4ccccc34)cc2)cc1. The number of azo groups is 1. The Morgan fingerprint density at radius 2 is 1.62 bits per heavy atom. The second kappa shape index (κ2) is 8.27. The van der Waals surface area contributed by atoms with Crippen LogP contribution in [0.1, 0.15) is 15.9 Å². The lowest BCUT2D eigenvalue weighted by Crippen LogP contribution is -2.26. The van der Waals surface area contributed by atoms with Gasteiger partial charge in [0.05, 0.1) is 16.1 Å². The molecule has 0 saturated carbocycles. The number of H-pyrrole nitrogens is 1. The van der Waals surface area contributed by atoms with Crippen LogP contribution in [0.15, 0.2) is 87.9 Å². The van der Waals surface area contributed by atoms with Crippen molar-refractivity contribution in [3.8, 4) is 5.88 Å². The average Bonchev–Trinajstić information content (AvgIpc) is 3.12. The van der Waals surface area contributed by atoms with Gasteiger partial charge in [-0.1, -0.05) is 35.9 Å². The van der Waals surface area contributed by atoms with Gasteiger partial charge in [-0.05, 0) is 49.4 Å². The summed E-state index contributed by atoms with van der Waals surface area (Å²) >= 11 is 0. The third-order valence-electron chi connectivity index (χ3n) is 5.06. The number of rotatable bonds is 5. The van der Waals surface area contributed by atoms with E-state index in [1.807, 2.05) is 13.0 Å². The Morgan fingerprint density at radius 3 is 2.31 bits per heavy atom. The van der Waals surface area contributed by atoms with Crippen molar-refractivity contribution in [2.24, 2.45) is 10.2 Å². The Balaban J connectivity index is 1.54. The Kier molecular flexibility index (Phi) is 5.50. The molecule has 9 heteroatoms. The number of nitrogens with one attached hydrogen (secondary N) is 1. The van der Waals surface area contributed by atoms with Crippen LogP contribution >= 0.6 is 0 Å². The molecule has 32 heavy (non-hydrogen) atoms. The van der Waals surface area contributed by atoms with Gasteiger partial charge in [-0.15, -0.1) is 10.2 Å². The number of aromatic nitrogens is 1. The third kappa shape index (κ3) is 3.97. The molecule has 2 N–H and O–H groups in total. The highest BCUT2D eigenvalue weighted by Gasteiger charge is 2.21. The molecular formula is C23H20N4O4S. The smallest absolute Gasteiger partial charge is 0.295 e. The largest absolute Gasteiger partial charge is 0.493 e. The van der Waals surface area contributed by atoms with Crippen LogP contribution < -0.4 is 4.31 Å². The topological polar surface area (TPSA) is 115 Å². The standard InChI is InChI=1S/C23H20N4O4S/c1-15-7-13-18(14-8-15)32(30,31)27(2)17-11-9-16(10-12-17)22(28)26-25-21-19-5-3-4-6-20(19)24-23(21)29/h3-14,24,29H,1-2H3. The van der Waals surface area contributed by atoms with Crippen LogP contribution in [0.5, 0.6) is 5.88 Å². The Labute approximate surface area is 184 Å². The third-order valence-corrected chi connectivity index (χ3v) is 6.86. The fraction of sp³-hybridized carbons (Fsp3) is 0.0870. The number of benzene rings is 3. The summed E-state index contributed by atoms with van der Waals surface area (Å²) in [6.07, 6.45) is 0. The molecule has 1 amide bonds. The number of carbonyl (C=O) groups is 1. The summed E-state index contributed by atoms with van der Waals surface area (Å²) in [4.78, 5) is 15.4. The van der Waals surface area contributed by atoms with Crippen LogP contribution in [0.4, 0.5) is 11.4 Å². The van der Waals surface area contributed by atoms with Gasteiger partial charge >= 0.3 is 0 Å². The molecule has 0 spiro atoms. The van der Waals surface area contributed by atoms with Gasteiger partial charge in [0, 0.05) is 18.0 Å². The van der Waals surface area contributed by atoms with Crippen molar-refractivity contribution in [3.05, 3.63) is 83.9 Å². The zero-order valence-corrected chi connectivity index (χ0v) is 18.2. The van der Waals surface area contributed by atoms with Crippen LogP contribution in [0.3, 0.4) is 0 Å². The number of para-hydroxylation sites is 1. The van der Waals surface area contributed by atoms with E-state index in [2.05, 4.69) is 15.2 Å². The summed E-state index contributed by atoms with van der Waals surface area (Å²) in [5, 5.41) is 18.3. The fourth-order valence-corrected chi connectivity index (χ4v) is 4.38. The molecule has 1 aromatic heterocycles. The number of nitrogens with zero attached hydrogens (tertiary/aromatic N) is 3. The summed E-state index contributed by atoms with van der Waals surface area (Å²) in [5.74, 6) is -0.800. The molecular weight excluding hydrogens is 428 g/mol. The minimum Gasteiger partial charge on any atom is -0.493 e. The average molecular weight is 449 g/mol. The Morgan fingerprint density at radius 1 is 0.969 bits per heavy atom. The molecule has 0 bridgehead atoms. The van der Waals surface area contributed by atoms with Crippen molar-refractivity contribution < 1.29 is 18.3 Å². The summed E-state index contributed by atoms with van der Waals surface area (Å²) in [6, 6.07) is 19.7.